The summed E-state index contributed by atoms with van der Waals surface area (Å²) in [4.78, 5) is 0. The Hall–Kier alpha value is -0.760. The lowest BCUT2D eigenvalue weighted by Crippen LogP contribution is -2.30. The molecular weight excluding hydrogens is 208 g/mol. The minimum absolute atomic E-state index is 0.239. The standard InChI is InChI=1S/C15H24N2/c1-9-5-13(9)17-10(2)6-11-12(16)7-15(3,4)8-14(11)17/h6,9,12-13H,5,7-8,16H2,1-4H3. The molecule has 0 spiro atoms. The predicted molar refractivity (Wildman–Crippen MR) is 71.0 cm³/mol. The fourth-order valence-corrected chi connectivity index (χ4v) is 3.59. The third-order valence-electron chi connectivity index (χ3n) is 4.59. The van der Waals surface area contributed by atoms with Crippen molar-refractivity contribution in [1.82, 2.24) is 4.57 Å². The maximum absolute atomic E-state index is 6.35. The zero-order valence-electron chi connectivity index (χ0n) is 11.5. The highest BCUT2D eigenvalue weighted by molar-refractivity contribution is 5.35. The first-order chi connectivity index (χ1) is 7.89. The quantitative estimate of drug-likeness (QED) is 0.791. The van der Waals surface area contributed by atoms with Crippen LogP contribution in [0.4, 0.5) is 0 Å². The molecule has 0 bridgehead atoms. The lowest BCUT2D eigenvalue weighted by atomic mass is 9.74. The average Bonchev–Trinajstić information content (AvgIpc) is 2.78. The summed E-state index contributed by atoms with van der Waals surface area (Å²) in [6.45, 7) is 9.28. The molecule has 0 amide bonds. The monoisotopic (exact) mass is 232 g/mol. The summed E-state index contributed by atoms with van der Waals surface area (Å²) in [5, 5.41) is 0. The topological polar surface area (TPSA) is 30.9 Å². The van der Waals surface area contributed by atoms with Crippen LogP contribution >= 0.6 is 0 Å². The van der Waals surface area contributed by atoms with Crippen molar-refractivity contribution < 1.29 is 0 Å². The summed E-state index contributed by atoms with van der Waals surface area (Å²) in [6, 6.07) is 3.32. The molecule has 0 aromatic carbocycles. The Kier molecular flexibility index (Phi) is 2.25. The van der Waals surface area contributed by atoms with E-state index < -0.39 is 0 Å². The van der Waals surface area contributed by atoms with Crippen LogP contribution in [0.2, 0.25) is 0 Å². The van der Waals surface area contributed by atoms with E-state index in [-0.39, 0.29) is 6.04 Å². The van der Waals surface area contributed by atoms with E-state index in [4.69, 9.17) is 5.73 Å². The van der Waals surface area contributed by atoms with Crippen LogP contribution in [0.25, 0.3) is 0 Å². The van der Waals surface area contributed by atoms with E-state index in [0.717, 1.165) is 18.4 Å². The van der Waals surface area contributed by atoms with E-state index in [1.165, 1.54) is 29.8 Å². The predicted octanol–water partition coefficient (Wildman–Crippen LogP) is 3.35. The molecule has 2 aliphatic carbocycles. The number of aromatic nitrogens is 1. The summed E-state index contributed by atoms with van der Waals surface area (Å²) in [5.41, 5.74) is 11.1. The Morgan fingerprint density at radius 2 is 2.06 bits per heavy atom. The molecular formula is C15H24N2. The normalized spacial score (nSPS) is 34.5. The fraction of sp³-hybridized carbons (Fsp3) is 0.733. The molecule has 0 aliphatic heterocycles. The van der Waals surface area contributed by atoms with Gasteiger partial charge in [0.2, 0.25) is 0 Å². The molecule has 0 saturated heterocycles. The lowest BCUT2D eigenvalue weighted by molar-refractivity contribution is 0.274. The molecule has 0 radical (unpaired) electrons. The molecule has 1 heterocycles. The SMILES string of the molecule is Cc1cc2c(n1C1CC1C)CC(C)(C)CC2N. The molecule has 1 aromatic heterocycles. The highest BCUT2D eigenvalue weighted by Crippen LogP contribution is 2.49. The van der Waals surface area contributed by atoms with E-state index in [0.29, 0.717) is 5.41 Å². The lowest BCUT2D eigenvalue weighted by Gasteiger charge is -2.34. The molecule has 2 heteroatoms. The summed E-state index contributed by atoms with van der Waals surface area (Å²) >= 11 is 0. The molecule has 1 aromatic rings. The van der Waals surface area contributed by atoms with E-state index >= 15 is 0 Å². The minimum atomic E-state index is 0.239. The molecule has 3 unspecified atom stereocenters. The van der Waals surface area contributed by atoms with Gasteiger partial charge in [0.15, 0.2) is 0 Å². The Balaban J connectivity index is 2.07. The molecule has 3 rings (SSSR count). The molecule has 3 atom stereocenters. The van der Waals surface area contributed by atoms with Crippen molar-refractivity contribution in [2.45, 2.75) is 59.0 Å². The van der Waals surface area contributed by atoms with Crippen molar-refractivity contribution in [2.24, 2.45) is 17.1 Å². The van der Waals surface area contributed by atoms with Crippen LogP contribution in [0, 0.1) is 18.3 Å². The van der Waals surface area contributed by atoms with Gasteiger partial charge < -0.3 is 10.3 Å². The van der Waals surface area contributed by atoms with Crippen LogP contribution in [-0.2, 0) is 6.42 Å². The maximum atomic E-state index is 6.35. The van der Waals surface area contributed by atoms with Gasteiger partial charge in [-0.1, -0.05) is 20.8 Å². The van der Waals surface area contributed by atoms with Crippen LogP contribution in [-0.4, -0.2) is 4.57 Å². The Labute approximate surface area is 104 Å². The molecule has 2 aliphatic rings. The zero-order valence-corrected chi connectivity index (χ0v) is 11.5. The largest absolute Gasteiger partial charge is 0.345 e. The van der Waals surface area contributed by atoms with Crippen molar-refractivity contribution in [3.63, 3.8) is 0 Å². The van der Waals surface area contributed by atoms with E-state index in [1.807, 2.05) is 0 Å². The second-order valence-electron chi connectivity index (χ2n) is 6.99. The molecule has 1 fully saturated rings. The van der Waals surface area contributed by atoms with Gasteiger partial charge in [0.1, 0.15) is 0 Å². The van der Waals surface area contributed by atoms with Gasteiger partial charge in [-0.15, -0.1) is 0 Å². The number of hydrogen-bond acceptors (Lipinski definition) is 1. The van der Waals surface area contributed by atoms with Crippen molar-refractivity contribution in [3.8, 4) is 0 Å². The first-order valence-electron chi connectivity index (χ1n) is 6.85. The number of nitrogens with zero attached hydrogens (tertiary/aromatic N) is 1. The summed E-state index contributed by atoms with van der Waals surface area (Å²) < 4.78 is 2.58. The second-order valence-corrected chi connectivity index (χ2v) is 6.99. The zero-order chi connectivity index (χ0) is 12.4. The fourth-order valence-electron chi connectivity index (χ4n) is 3.59. The van der Waals surface area contributed by atoms with Gasteiger partial charge in [-0.2, -0.15) is 0 Å². The van der Waals surface area contributed by atoms with Gasteiger partial charge in [-0.3, -0.25) is 0 Å². The van der Waals surface area contributed by atoms with Crippen molar-refractivity contribution in [3.05, 3.63) is 23.0 Å². The summed E-state index contributed by atoms with van der Waals surface area (Å²) in [7, 11) is 0. The van der Waals surface area contributed by atoms with Crippen LogP contribution in [0.5, 0.6) is 0 Å². The van der Waals surface area contributed by atoms with Gasteiger partial charge in [-0.05, 0) is 49.1 Å². The summed E-state index contributed by atoms with van der Waals surface area (Å²) in [6.07, 6.45) is 3.65. The third-order valence-corrected chi connectivity index (χ3v) is 4.59. The Bertz CT molecular complexity index is 456. The smallest absolute Gasteiger partial charge is 0.0365 e. The molecule has 2 nitrogen and oxygen atoms in total. The van der Waals surface area contributed by atoms with Crippen molar-refractivity contribution in [2.75, 3.05) is 0 Å². The first kappa shape index (κ1) is 11.3. The second kappa shape index (κ2) is 3.38. The molecule has 17 heavy (non-hydrogen) atoms. The van der Waals surface area contributed by atoms with Crippen molar-refractivity contribution in [1.29, 1.82) is 0 Å². The van der Waals surface area contributed by atoms with Crippen LogP contribution in [0.1, 0.15) is 62.6 Å². The minimum Gasteiger partial charge on any atom is -0.345 e. The summed E-state index contributed by atoms with van der Waals surface area (Å²) in [5.74, 6) is 0.853. The van der Waals surface area contributed by atoms with E-state index in [9.17, 15) is 0 Å². The van der Waals surface area contributed by atoms with E-state index in [2.05, 4.69) is 38.3 Å². The van der Waals surface area contributed by atoms with Gasteiger partial charge >= 0.3 is 0 Å². The average molecular weight is 232 g/mol. The molecule has 94 valence electrons. The van der Waals surface area contributed by atoms with Crippen LogP contribution in [0.15, 0.2) is 6.07 Å². The molecule has 1 saturated carbocycles. The number of fused-ring (bicyclic) bond motifs is 1. The highest BCUT2D eigenvalue weighted by atomic mass is 15.1. The van der Waals surface area contributed by atoms with Gasteiger partial charge in [0.05, 0.1) is 0 Å². The van der Waals surface area contributed by atoms with Crippen LogP contribution in [0.3, 0.4) is 0 Å². The first-order valence-corrected chi connectivity index (χ1v) is 6.85. The third kappa shape index (κ3) is 1.74. The number of hydrogen-bond donors (Lipinski definition) is 1. The Morgan fingerprint density at radius 3 is 2.65 bits per heavy atom. The van der Waals surface area contributed by atoms with Gasteiger partial charge in [0, 0.05) is 23.5 Å². The van der Waals surface area contributed by atoms with Crippen LogP contribution < -0.4 is 5.73 Å². The molecule has 2 N–H and O–H groups in total. The Morgan fingerprint density at radius 1 is 1.41 bits per heavy atom. The van der Waals surface area contributed by atoms with Gasteiger partial charge in [0.25, 0.3) is 0 Å². The number of rotatable bonds is 1. The van der Waals surface area contributed by atoms with Gasteiger partial charge in [-0.25, -0.2) is 0 Å². The highest BCUT2D eigenvalue weighted by Gasteiger charge is 2.40. The number of nitrogens with two attached hydrogens (primary N) is 1. The number of aryl methyl sites for hydroxylation is 1. The van der Waals surface area contributed by atoms with E-state index in [1.54, 1.807) is 0 Å². The maximum Gasteiger partial charge on any atom is 0.0365 e. The van der Waals surface area contributed by atoms with Crippen molar-refractivity contribution >= 4 is 0 Å².